The lowest BCUT2D eigenvalue weighted by molar-refractivity contribution is 0.721. The Hall–Kier alpha value is -1.02. The number of para-hydroxylation sites is 1. The molecule has 0 aliphatic carbocycles. The molecule has 0 aliphatic heterocycles. The predicted octanol–water partition coefficient (Wildman–Crippen LogP) is 1.43. The normalized spacial score (nSPS) is 12.6. The fourth-order valence-corrected chi connectivity index (χ4v) is 0.898. The van der Waals surface area contributed by atoms with Crippen molar-refractivity contribution in [1.82, 2.24) is 0 Å². The van der Waals surface area contributed by atoms with Crippen LogP contribution in [0.1, 0.15) is 6.92 Å². The van der Waals surface area contributed by atoms with Gasteiger partial charge in [-0.3, -0.25) is 0 Å². The second-order valence-electron chi connectivity index (χ2n) is 2.69. The van der Waals surface area contributed by atoms with Crippen molar-refractivity contribution in [3.05, 3.63) is 30.3 Å². The van der Waals surface area contributed by atoms with Gasteiger partial charge in [-0.15, -0.1) is 0 Å². The molecule has 11 heavy (non-hydrogen) atoms. The van der Waals surface area contributed by atoms with Crippen molar-refractivity contribution in [2.24, 2.45) is 5.73 Å². The smallest absolute Gasteiger partial charge is 0.0739 e. The van der Waals surface area contributed by atoms with Crippen LogP contribution in [0.2, 0.25) is 0 Å². The van der Waals surface area contributed by atoms with Crippen LogP contribution in [0.25, 0.3) is 0 Å². The molecule has 0 amide bonds. The van der Waals surface area contributed by atoms with Crippen molar-refractivity contribution in [3.8, 4) is 0 Å². The highest BCUT2D eigenvalue weighted by Gasteiger charge is 2.02. The summed E-state index contributed by atoms with van der Waals surface area (Å²) in [6.45, 7) is 1.97. The molecule has 0 heterocycles. The first kappa shape index (κ1) is 8.08. The maximum Gasteiger partial charge on any atom is 0.0739 e. The van der Waals surface area contributed by atoms with E-state index in [1.54, 1.807) is 0 Å². The monoisotopic (exact) mass is 150 g/mol. The molecule has 1 unspecified atom stereocenters. The number of benzene rings is 1. The molecule has 0 fully saturated rings. The number of hydrogen-bond acceptors (Lipinski definition) is 2. The third-order valence-corrected chi connectivity index (χ3v) is 1.77. The summed E-state index contributed by atoms with van der Waals surface area (Å²) in [6.07, 6.45) is 0.0670. The van der Waals surface area contributed by atoms with Gasteiger partial charge in [0.1, 0.15) is 0 Å². The van der Waals surface area contributed by atoms with E-state index in [-0.39, 0.29) is 6.17 Å². The summed E-state index contributed by atoms with van der Waals surface area (Å²) in [7, 11) is 1.99. The largest absolute Gasteiger partial charge is 0.360 e. The summed E-state index contributed by atoms with van der Waals surface area (Å²) in [4.78, 5) is 2.03. The number of hydrogen-bond donors (Lipinski definition) is 1. The minimum absolute atomic E-state index is 0.0670. The van der Waals surface area contributed by atoms with Gasteiger partial charge in [0, 0.05) is 12.7 Å². The maximum atomic E-state index is 5.69. The Morgan fingerprint density at radius 3 is 2.27 bits per heavy atom. The third kappa shape index (κ3) is 1.95. The molecule has 2 heteroatoms. The van der Waals surface area contributed by atoms with Crippen LogP contribution in [0.4, 0.5) is 5.69 Å². The van der Waals surface area contributed by atoms with Crippen LogP contribution >= 0.6 is 0 Å². The molecule has 60 valence electrons. The zero-order chi connectivity index (χ0) is 8.27. The van der Waals surface area contributed by atoms with Gasteiger partial charge in [0.05, 0.1) is 6.17 Å². The van der Waals surface area contributed by atoms with E-state index in [1.165, 1.54) is 0 Å². The van der Waals surface area contributed by atoms with E-state index in [9.17, 15) is 0 Å². The molecule has 2 N–H and O–H groups in total. The maximum absolute atomic E-state index is 5.69. The molecule has 0 saturated heterocycles. The van der Waals surface area contributed by atoms with Crippen molar-refractivity contribution in [2.45, 2.75) is 13.1 Å². The van der Waals surface area contributed by atoms with Crippen LogP contribution < -0.4 is 10.6 Å². The van der Waals surface area contributed by atoms with Gasteiger partial charge in [-0.05, 0) is 19.1 Å². The molecule has 0 radical (unpaired) electrons. The van der Waals surface area contributed by atoms with Crippen LogP contribution in [0.3, 0.4) is 0 Å². The van der Waals surface area contributed by atoms with Gasteiger partial charge in [0.25, 0.3) is 0 Å². The molecule has 0 saturated carbocycles. The van der Waals surface area contributed by atoms with Gasteiger partial charge in [-0.1, -0.05) is 18.2 Å². The topological polar surface area (TPSA) is 29.3 Å². The van der Waals surface area contributed by atoms with Gasteiger partial charge in [-0.2, -0.15) is 0 Å². The fourth-order valence-electron chi connectivity index (χ4n) is 0.898. The van der Waals surface area contributed by atoms with Crippen molar-refractivity contribution in [2.75, 3.05) is 11.9 Å². The summed E-state index contributed by atoms with van der Waals surface area (Å²) in [5.74, 6) is 0. The lowest BCUT2D eigenvalue weighted by Crippen LogP contribution is -2.36. The van der Waals surface area contributed by atoms with E-state index < -0.39 is 0 Å². The minimum Gasteiger partial charge on any atom is -0.360 e. The number of nitrogens with zero attached hydrogens (tertiary/aromatic N) is 1. The van der Waals surface area contributed by atoms with Crippen molar-refractivity contribution < 1.29 is 0 Å². The van der Waals surface area contributed by atoms with Gasteiger partial charge in [0.15, 0.2) is 0 Å². The molecule has 1 aromatic rings. The minimum atomic E-state index is 0.0670. The van der Waals surface area contributed by atoms with Crippen LogP contribution in [0.5, 0.6) is 0 Å². The Morgan fingerprint density at radius 2 is 1.82 bits per heavy atom. The Balaban J connectivity index is 2.77. The van der Waals surface area contributed by atoms with Crippen LogP contribution in [0, 0.1) is 0 Å². The molecule has 0 spiro atoms. The van der Waals surface area contributed by atoms with Gasteiger partial charge < -0.3 is 10.6 Å². The van der Waals surface area contributed by atoms with Gasteiger partial charge >= 0.3 is 0 Å². The van der Waals surface area contributed by atoms with Crippen LogP contribution in [-0.4, -0.2) is 13.2 Å². The van der Waals surface area contributed by atoms with E-state index in [2.05, 4.69) is 0 Å². The molecule has 1 atom stereocenters. The number of anilines is 1. The van der Waals surface area contributed by atoms with E-state index in [1.807, 2.05) is 49.2 Å². The van der Waals surface area contributed by atoms with Crippen molar-refractivity contribution >= 4 is 5.69 Å². The third-order valence-electron chi connectivity index (χ3n) is 1.77. The summed E-state index contributed by atoms with van der Waals surface area (Å²) in [5.41, 5.74) is 6.85. The second-order valence-corrected chi connectivity index (χ2v) is 2.69. The Bertz CT molecular complexity index is 206. The first-order valence-corrected chi connectivity index (χ1v) is 3.75. The van der Waals surface area contributed by atoms with Crippen LogP contribution in [0.15, 0.2) is 30.3 Å². The van der Waals surface area contributed by atoms with E-state index in [0.717, 1.165) is 5.69 Å². The summed E-state index contributed by atoms with van der Waals surface area (Å²) in [6, 6.07) is 10.1. The molecular weight excluding hydrogens is 136 g/mol. The lowest BCUT2D eigenvalue weighted by Gasteiger charge is -2.23. The highest BCUT2D eigenvalue weighted by molar-refractivity contribution is 5.45. The predicted molar refractivity (Wildman–Crippen MR) is 48.5 cm³/mol. The van der Waals surface area contributed by atoms with Crippen molar-refractivity contribution in [1.29, 1.82) is 0 Å². The van der Waals surface area contributed by atoms with Gasteiger partial charge in [-0.25, -0.2) is 0 Å². The SMILES string of the molecule is CC(N)N(C)c1ccccc1. The molecule has 1 rings (SSSR count). The first-order valence-electron chi connectivity index (χ1n) is 3.75. The summed E-state index contributed by atoms with van der Waals surface area (Å²) < 4.78 is 0. The molecule has 2 nitrogen and oxygen atoms in total. The number of rotatable bonds is 2. The average molecular weight is 150 g/mol. The van der Waals surface area contributed by atoms with Crippen LogP contribution in [-0.2, 0) is 0 Å². The Labute approximate surface area is 67.6 Å². The highest BCUT2D eigenvalue weighted by atomic mass is 15.2. The average Bonchev–Trinajstić information content (AvgIpc) is 2.05. The van der Waals surface area contributed by atoms with E-state index in [0.29, 0.717) is 0 Å². The summed E-state index contributed by atoms with van der Waals surface area (Å²) in [5, 5.41) is 0. The van der Waals surface area contributed by atoms with E-state index in [4.69, 9.17) is 5.73 Å². The Kier molecular flexibility index (Phi) is 2.49. The fraction of sp³-hybridized carbons (Fsp3) is 0.333. The van der Waals surface area contributed by atoms with E-state index >= 15 is 0 Å². The molecule has 0 aliphatic rings. The summed E-state index contributed by atoms with van der Waals surface area (Å²) >= 11 is 0. The number of nitrogens with two attached hydrogens (primary N) is 1. The lowest BCUT2D eigenvalue weighted by atomic mass is 10.3. The van der Waals surface area contributed by atoms with Crippen molar-refractivity contribution in [3.63, 3.8) is 0 Å². The zero-order valence-corrected chi connectivity index (χ0v) is 6.99. The zero-order valence-electron chi connectivity index (χ0n) is 6.99. The first-order chi connectivity index (χ1) is 5.22. The molecule has 1 aromatic carbocycles. The molecule has 0 bridgehead atoms. The quantitative estimate of drug-likeness (QED) is 0.646. The molecular formula is C9H14N2. The van der Waals surface area contributed by atoms with Gasteiger partial charge in [0.2, 0.25) is 0 Å². The molecule has 0 aromatic heterocycles. The second kappa shape index (κ2) is 3.39. The standard InChI is InChI=1S/C9H14N2/c1-8(10)11(2)9-6-4-3-5-7-9/h3-8H,10H2,1-2H3. The Morgan fingerprint density at radius 1 is 1.27 bits per heavy atom. The highest BCUT2D eigenvalue weighted by Crippen LogP contribution is 2.11.